The number of ether oxygens (including phenoxy) is 1. The van der Waals surface area contributed by atoms with E-state index in [0.29, 0.717) is 17.9 Å². The van der Waals surface area contributed by atoms with Crippen LogP contribution in [0, 0.1) is 6.92 Å². The van der Waals surface area contributed by atoms with Crippen LogP contribution in [0.4, 0.5) is 10.8 Å². The van der Waals surface area contributed by atoms with Crippen molar-refractivity contribution in [3.8, 4) is 17.0 Å². The quantitative estimate of drug-likeness (QED) is 0.160. The zero-order chi connectivity index (χ0) is 26.2. The Labute approximate surface area is 225 Å². The van der Waals surface area contributed by atoms with Gasteiger partial charge in [-0.05, 0) is 48.9 Å². The molecule has 188 valence electrons. The summed E-state index contributed by atoms with van der Waals surface area (Å²) in [5, 5.41) is 10.2. The van der Waals surface area contributed by atoms with Crippen LogP contribution >= 0.6 is 11.3 Å². The van der Waals surface area contributed by atoms with E-state index >= 15 is 0 Å². The van der Waals surface area contributed by atoms with Crippen molar-refractivity contribution in [1.82, 2.24) is 10.4 Å². The molecule has 0 aliphatic carbocycles. The van der Waals surface area contributed by atoms with Crippen LogP contribution < -0.4 is 15.5 Å². The van der Waals surface area contributed by atoms with E-state index in [4.69, 9.17) is 4.74 Å². The Bertz CT molecular complexity index is 1530. The number of amides is 1. The number of aromatic nitrogens is 1. The van der Waals surface area contributed by atoms with Crippen LogP contribution in [0.2, 0.25) is 0 Å². The number of anilines is 2. The van der Waals surface area contributed by atoms with E-state index in [1.165, 1.54) is 16.9 Å². The first kappa shape index (κ1) is 24.9. The molecule has 4 aromatic carbocycles. The lowest BCUT2D eigenvalue weighted by Gasteiger charge is -2.09. The topological polar surface area (TPSA) is 75.6 Å². The van der Waals surface area contributed by atoms with E-state index < -0.39 is 0 Å². The summed E-state index contributed by atoms with van der Waals surface area (Å²) in [6.45, 7) is 2.51. The van der Waals surface area contributed by atoms with Gasteiger partial charge in [-0.3, -0.25) is 4.79 Å². The first-order chi connectivity index (χ1) is 18.6. The molecule has 0 aliphatic rings. The molecule has 2 N–H and O–H groups in total. The predicted octanol–water partition coefficient (Wildman–Crippen LogP) is 7.21. The van der Waals surface area contributed by atoms with E-state index in [2.05, 4.69) is 39.9 Å². The molecule has 0 bridgehead atoms. The van der Waals surface area contributed by atoms with Crippen LogP contribution in [-0.4, -0.2) is 17.1 Å². The number of aryl methyl sites for hydroxylation is 1. The molecule has 1 heterocycles. The number of para-hydroxylation sites is 2. The molecule has 0 saturated carbocycles. The highest BCUT2D eigenvalue weighted by Crippen LogP contribution is 2.27. The number of thiazole rings is 1. The number of rotatable bonds is 9. The van der Waals surface area contributed by atoms with Gasteiger partial charge in [0.25, 0.3) is 5.91 Å². The lowest BCUT2D eigenvalue weighted by molar-refractivity contribution is 0.0955. The van der Waals surface area contributed by atoms with Crippen molar-refractivity contribution < 1.29 is 9.53 Å². The molecule has 0 aliphatic heterocycles. The van der Waals surface area contributed by atoms with Gasteiger partial charge in [0.2, 0.25) is 0 Å². The van der Waals surface area contributed by atoms with E-state index in [9.17, 15) is 4.79 Å². The average Bonchev–Trinajstić information content (AvgIpc) is 3.42. The molecule has 5 rings (SSSR count). The van der Waals surface area contributed by atoms with Gasteiger partial charge < -0.3 is 10.1 Å². The van der Waals surface area contributed by atoms with Gasteiger partial charge in [0.1, 0.15) is 12.4 Å². The summed E-state index contributed by atoms with van der Waals surface area (Å²) in [5.41, 5.74) is 8.94. The lowest BCUT2D eigenvalue weighted by Crippen LogP contribution is -2.17. The minimum Gasteiger partial charge on any atom is -0.488 e. The molecule has 0 spiro atoms. The summed E-state index contributed by atoms with van der Waals surface area (Å²) in [6.07, 6.45) is 1.59. The minimum atomic E-state index is -0.296. The third-order valence-electron chi connectivity index (χ3n) is 5.78. The van der Waals surface area contributed by atoms with Crippen LogP contribution in [0.1, 0.15) is 27.0 Å². The van der Waals surface area contributed by atoms with Crippen LogP contribution in [0.15, 0.2) is 114 Å². The number of hydrogen-bond acceptors (Lipinski definition) is 6. The molecule has 7 heteroatoms. The molecule has 0 unspecified atom stereocenters. The van der Waals surface area contributed by atoms with Crippen molar-refractivity contribution in [1.29, 1.82) is 0 Å². The summed E-state index contributed by atoms with van der Waals surface area (Å²) in [4.78, 5) is 17.3. The average molecular weight is 519 g/mol. The van der Waals surface area contributed by atoms with Crippen molar-refractivity contribution >= 4 is 34.3 Å². The molecule has 0 radical (unpaired) electrons. The highest BCUT2D eigenvalue weighted by molar-refractivity contribution is 7.14. The number of carbonyl (C=O) groups excluding carboxylic acids is 1. The summed E-state index contributed by atoms with van der Waals surface area (Å²) in [5.74, 6) is 0.398. The van der Waals surface area contributed by atoms with E-state index in [1.807, 2.05) is 84.2 Å². The fourth-order valence-electron chi connectivity index (χ4n) is 3.69. The first-order valence-electron chi connectivity index (χ1n) is 12.1. The van der Waals surface area contributed by atoms with Gasteiger partial charge >= 0.3 is 0 Å². The van der Waals surface area contributed by atoms with Crippen molar-refractivity contribution in [3.63, 3.8) is 0 Å². The number of hydrogen-bond donors (Lipinski definition) is 2. The van der Waals surface area contributed by atoms with Crippen LogP contribution in [0.25, 0.3) is 11.3 Å². The lowest BCUT2D eigenvalue weighted by atomic mass is 10.1. The molecule has 0 fully saturated rings. The van der Waals surface area contributed by atoms with Crippen molar-refractivity contribution in [2.24, 2.45) is 5.10 Å². The highest BCUT2D eigenvalue weighted by Gasteiger charge is 2.08. The van der Waals surface area contributed by atoms with E-state index in [-0.39, 0.29) is 5.91 Å². The normalized spacial score (nSPS) is 10.9. The zero-order valence-electron chi connectivity index (χ0n) is 20.8. The van der Waals surface area contributed by atoms with Gasteiger partial charge in [-0.25, -0.2) is 10.4 Å². The second-order valence-electron chi connectivity index (χ2n) is 8.62. The molecule has 0 saturated heterocycles. The summed E-state index contributed by atoms with van der Waals surface area (Å²) >= 11 is 1.53. The van der Waals surface area contributed by atoms with Gasteiger partial charge in [-0.2, -0.15) is 5.10 Å². The summed E-state index contributed by atoms with van der Waals surface area (Å²) in [7, 11) is 0. The molecule has 1 amide bonds. The third kappa shape index (κ3) is 6.52. The smallest absolute Gasteiger partial charge is 0.271 e. The predicted molar refractivity (Wildman–Crippen MR) is 154 cm³/mol. The maximum absolute atomic E-state index is 12.6. The van der Waals surface area contributed by atoms with E-state index in [0.717, 1.165) is 33.2 Å². The van der Waals surface area contributed by atoms with Crippen LogP contribution in [0.5, 0.6) is 5.75 Å². The number of benzene rings is 4. The molecular weight excluding hydrogens is 492 g/mol. The second-order valence-corrected chi connectivity index (χ2v) is 9.48. The summed E-state index contributed by atoms with van der Waals surface area (Å²) in [6, 6.07) is 33.0. The molecule has 38 heavy (non-hydrogen) atoms. The Morgan fingerprint density at radius 1 is 0.921 bits per heavy atom. The molecule has 6 nitrogen and oxygen atoms in total. The highest BCUT2D eigenvalue weighted by atomic mass is 32.1. The number of carbonyl (C=O) groups is 1. The molecule has 0 atom stereocenters. The van der Waals surface area contributed by atoms with Crippen molar-refractivity contribution in [2.45, 2.75) is 13.5 Å². The largest absolute Gasteiger partial charge is 0.488 e. The second kappa shape index (κ2) is 12.0. The molecule has 1 aromatic heterocycles. The maximum Gasteiger partial charge on any atom is 0.271 e. The van der Waals surface area contributed by atoms with Gasteiger partial charge in [-0.15, -0.1) is 11.3 Å². The van der Waals surface area contributed by atoms with Crippen LogP contribution in [-0.2, 0) is 6.61 Å². The Morgan fingerprint density at radius 2 is 1.66 bits per heavy atom. The maximum atomic E-state index is 12.6. The van der Waals surface area contributed by atoms with E-state index in [1.54, 1.807) is 18.3 Å². The molecular formula is C31H26N4O2S. The Morgan fingerprint density at radius 3 is 2.45 bits per heavy atom. The number of nitrogens with zero attached hydrogens (tertiary/aromatic N) is 2. The zero-order valence-corrected chi connectivity index (χ0v) is 21.6. The number of nitrogens with one attached hydrogen (secondary N) is 2. The monoisotopic (exact) mass is 518 g/mol. The molecule has 5 aromatic rings. The van der Waals surface area contributed by atoms with Gasteiger partial charge in [-0.1, -0.05) is 72.3 Å². The van der Waals surface area contributed by atoms with Crippen molar-refractivity contribution in [2.75, 3.05) is 5.32 Å². The Kier molecular flexibility index (Phi) is 7.86. The third-order valence-corrected chi connectivity index (χ3v) is 6.53. The first-order valence-corrected chi connectivity index (χ1v) is 13.0. The van der Waals surface area contributed by atoms with Crippen molar-refractivity contribution in [3.05, 3.63) is 131 Å². The Balaban J connectivity index is 1.18. The fraction of sp³-hybridized carbons (Fsp3) is 0.0645. The SMILES string of the molecule is Cc1ccc(COc2ccccc2/C=N\NC(=O)c2ccc(-c3csc(Nc4ccccc4)n3)cc2)cc1. The Hall–Kier alpha value is -4.75. The van der Waals surface area contributed by atoms with Crippen LogP contribution in [0.3, 0.4) is 0 Å². The van der Waals surface area contributed by atoms with Gasteiger partial charge in [0.05, 0.1) is 11.9 Å². The van der Waals surface area contributed by atoms with Gasteiger partial charge in [0, 0.05) is 27.8 Å². The number of hydrazone groups is 1. The standard InChI is InChI=1S/C31H26N4O2S/c1-22-11-13-23(14-12-22)20-37-29-10-6-5-7-26(29)19-32-35-30(36)25-17-15-24(16-18-25)28-21-38-31(34-28)33-27-8-3-2-4-9-27/h2-19,21H,20H2,1H3,(H,33,34)(H,35,36)/b32-19-. The summed E-state index contributed by atoms with van der Waals surface area (Å²) < 4.78 is 5.98. The van der Waals surface area contributed by atoms with Gasteiger partial charge in [0.15, 0.2) is 5.13 Å². The minimum absolute atomic E-state index is 0.296. The fourth-order valence-corrected chi connectivity index (χ4v) is 4.43.